The second kappa shape index (κ2) is 9.26. The predicted octanol–water partition coefficient (Wildman–Crippen LogP) is 6.59. The fraction of sp³-hybridized carbons (Fsp3) is 0.259. The average Bonchev–Trinajstić information content (AvgIpc) is 3.28. The van der Waals surface area contributed by atoms with Gasteiger partial charge in [0.15, 0.2) is 11.3 Å². The third kappa shape index (κ3) is 4.71. The molecule has 0 atom stereocenters. The molecule has 0 aliphatic carbocycles. The maximum atomic E-state index is 14.1. The summed E-state index contributed by atoms with van der Waals surface area (Å²) in [5, 5.41) is 0.677. The first-order chi connectivity index (χ1) is 16.8. The molecule has 1 aliphatic rings. The fourth-order valence-electron chi connectivity index (χ4n) is 4.61. The van der Waals surface area contributed by atoms with Crippen LogP contribution in [0.3, 0.4) is 0 Å². The van der Waals surface area contributed by atoms with Crippen LogP contribution < -0.4 is 9.64 Å². The van der Waals surface area contributed by atoms with E-state index in [0.717, 1.165) is 24.7 Å². The number of para-hydroxylation sites is 1. The third-order valence-electron chi connectivity index (χ3n) is 6.33. The number of hydrogen-bond acceptors (Lipinski definition) is 4. The first-order valence-electron chi connectivity index (χ1n) is 11.3. The van der Waals surface area contributed by atoms with Crippen LogP contribution in [0.5, 0.6) is 5.75 Å². The van der Waals surface area contributed by atoms with Crippen molar-refractivity contribution in [2.24, 2.45) is 0 Å². The van der Waals surface area contributed by atoms with E-state index in [4.69, 9.17) is 9.15 Å². The van der Waals surface area contributed by atoms with Gasteiger partial charge in [0.2, 0.25) is 0 Å². The summed E-state index contributed by atoms with van der Waals surface area (Å²) in [6, 6.07) is 17.5. The Morgan fingerprint density at radius 1 is 0.914 bits per heavy atom. The molecule has 8 heteroatoms. The minimum absolute atomic E-state index is 0.0101. The lowest BCUT2D eigenvalue weighted by Gasteiger charge is -2.36. The van der Waals surface area contributed by atoms with E-state index in [0.29, 0.717) is 42.0 Å². The molecule has 4 aromatic rings. The Labute approximate surface area is 200 Å². The van der Waals surface area contributed by atoms with Crippen molar-refractivity contribution in [2.75, 3.05) is 38.2 Å². The van der Waals surface area contributed by atoms with Crippen molar-refractivity contribution in [1.29, 1.82) is 0 Å². The van der Waals surface area contributed by atoms with Crippen molar-refractivity contribution in [3.63, 3.8) is 0 Å². The minimum atomic E-state index is -4.49. The predicted molar refractivity (Wildman–Crippen MR) is 127 cm³/mol. The molecule has 5 rings (SSSR count). The highest BCUT2D eigenvalue weighted by Crippen LogP contribution is 2.40. The van der Waals surface area contributed by atoms with Crippen molar-refractivity contribution in [2.45, 2.75) is 12.7 Å². The van der Waals surface area contributed by atoms with Crippen molar-refractivity contribution in [3.05, 3.63) is 83.7 Å². The zero-order chi connectivity index (χ0) is 24.6. The normalized spacial score (nSPS) is 15.1. The molecule has 1 fully saturated rings. The van der Waals surface area contributed by atoms with Crippen LogP contribution in [0.15, 0.2) is 71.1 Å². The number of ether oxygens (including phenoxy) is 1. The van der Waals surface area contributed by atoms with Crippen LogP contribution in [0.2, 0.25) is 0 Å². The van der Waals surface area contributed by atoms with Crippen molar-refractivity contribution in [3.8, 4) is 17.1 Å². The second-order valence-corrected chi connectivity index (χ2v) is 8.59. The Morgan fingerprint density at radius 2 is 1.63 bits per heavy atom. The van der Waals surface area contributed by atoms with Crippen LogP contribution in [0.1, 0.15) is 11.1 Å². The summed E-state index contributed by atoms with van der Waals surface area (Å²) in [6.45, 7) is 3.54. The Hall–Kier alpha value is -3.52. The summed E-state index contributed by atoms with van der Waals surface area (Å²) in [5.74, 6) is 0.388. The quantitative estimate of drug-likeness (QED) is 0.299. The molecule has 0 bridgehead atoms. The van der Waals surface area contributed by atoms with Gasteiger partial charge >= 0.3 is 6.18 Å². The molecule has 0 radical (unpaired) electrons. The molecule has 0 spiro atoms. The molecule has 1 saturated heterocycles. The summed E-state index contributed by atoms with van der Waals surface area (Å²) < 4.78 is 66.0. The summed E-state index contributed by atoms with van der Waals surface area (Å²) in [6.07, 6.45) is -4.49. The van der Waals surface area contributed by atoms with Crippen LogP contribution in [0, 0.1) is 5.82 Å². The Bertz CT molecular complexity index is 1340. The molecular weight excluding hydrogens is 460 g/mol. The number of rotatable bonds is 5. The number of hydrogen-bond donors (Lipinski definition) is 0. The van der Waals surface area contributed by atoms with Gasteiger partial charge in [-0.25, -0.2) is 4.39 Å². The van der Waals surface area contributed by atoms with Crippen LogP contribution in [-0.2, 0) is 12.7 Å². The van der Waals surface area contributed by atoms with Gasteiger partial charge in [0, 0.05) is 43.7 Å². The molecule has 0 unspecified atom stereocenters. The van der Waals surface area contributed by atoms with Crippen LogP contribution in [-0.4, -0.2) is 38.2 Å². The highest BCUT2D eigenvalue weighted by Gasteiger charge is 2.34. The van der Waals surface area contributed by atoms with Crippen molar-refractivity contribution >= 4 is 16.7 Å². The summed E-state index contributed by atoms with van der Waals surface area (Å²) in [4.78, 5) is 4.30. The molecule has 1 aliphatic heterocycles. The average molecular weight is 484 g/mol. The summed E-state index contributed by atoms with van der Waals surface area (Å²) >= 11 is 0. The van der Waals surface area contributed by atoms with E-state index in [-0.39, 0.29) is 17.1 Å². The zero-order valence-electron chi connectivity index (χ0n) is 19.1. The van der Waals surface area contributed by atoms with E-state index in [2.05, 4.69) is 4.90 Å². The molecule has 3 aromatic carbocycles. The number of fused-ring (bicyclic) bond motifs is 1. The van der Waals surface area contributed by atoms with Gasteiger partial charge in [-0.3, -0.25) is 4.90 Å². The topological polar surface area (TPSA) is 28.9 Å². The van der Waals surface area contributed by atoms with Crippen molar-refractivity contribution in [1.82, 2.24) is 4.90 Å². The fourth-order valence-corrected chi connectivity index (χ4v) is 4.61. The van der Waals surface area contributed by atoms with E-state index < -0.39 is 11.7 Å². The Kier molecular flexibility index (Phi) is 6.15. The number of anilines is 1. The third-order valence-corrected chi connectivity index (χ3v) is 6.33. The molecule has 1 aromatic heterocycles. The summed E-state index contributed by atoms with van der Waals surface area (Å²) in [7, 11) is 1.51. The van der Waals surface area contributed by atoms with Crippen LogP contribution >= 0.6 is 0 Å². The van der Waals surface area contributed by atoms with Gasteiger partial charge in [0.05, 0.1) is 18.4 Å². The van der Waals surface area contributed by atoms with Gasteiger partial charge in [-0.05, 0) is 42.0 Å². The maximum absolute atomic E-state index is 14.1. The lowest BCUT2D eigenvalue weighted by Crippen LogP contribution is -2.46. The molecule has 35 heavy (non-hydrogen) atoms. The number of nitrogens with zero attached hydrogens (tertiary/aromatic N) is 2. The highest BCUT2D eigenvalue weighted by molar-refractivity contribution is 5.88. The monoisotopic (exact) mass is 484 g/mol. The van der Waals surface area contributed by atoms with E-state index in [1.54, 1.807) is 24.3 Å². The molecule has 0 amide bonds. The smallest absolute Gasteiger partial charge is 0.417 e. The zero-order valence-corrected chi connectivity index (χ0v) is 19.1. The molecule has 0 saturated carbocycles. The molecule has 4 nitrogen and oxygen atoms in total. The van der Waals surface area contributed by atoms with E-state index in [1.165, 1.54) is 25.3 Å². The standard InChI is InChI=1S/C27H24F4N2O2/c1-34-25-15-18(17-32-10-12-33(13-11-32)23-9-5-4-8-22(23)28)14-19-16-24(35-26(19)25)20-6-2-3-7-21(20)27(29,30)31/h2-9,14-16H,10-13,17H2,1H3. The largest absolute Gasteiger partial charge is 0.493 e. The second-order valence-electron chi connectivity index (χ2n) is 8.59. The minimum Gasteiger partial charge on any atom is -0.493 e. The van der Waals surface area contributed by atoms with Gasteiger partial charge in [-0.2, -0.15) is 13.2 Å². The number of piperazine rings is 1. The van der Waals surface area contributed by atoms with E-state index >= 15 is 0 Å². The van der Waals surface area contributed by atoms with Gasteiger partial charge in [-0.15, -0.1) is 0 Å². The van der Waals surface area contributed by atoms with Gasteiger partial charge in [0.1, 0.15) is 11.6 Å². The number of benzene rings is 3. The van der Waals surface area contributed by atoms with E-state index in [9.17, 15) is 17.6 Å². The molecule has 182 valence electrons. The molecule has 2 heterocycles. The molecular formula is C27H24F4N2O2. The van der Waals surface area contributed by atoms with Crippen molar-refractivity contribution < 1.29 is 26.7 Å². The van der Waals surface area contributed by atoms with Gasteiger partial charge < -0.3 is 14.1 Å². The summed E-state index contributed by atoms with van der Waals surface area (Å²) in [5.41, 5.74) is 1.23. The maximum Gasteiger partial charge on any atom is 0.417 e. The van der Waals surface area contributed by atoms with E-state index in [1.807, 2.05) is 23.1 Å². The Morgan fingerprint density at radius 3 is 2.34 bits per heavy atom. The van der Waals surface area contributed by atoms with Gasteiger partial charge in [-0.1, -0.05) is 30.3 Å². The van der Waals surface area contributed by atoms with Crippen LogP contribution in [0.25, 0.3) is 22.3 Å². The number of furan rings is 1. The lowest BCUT2D eigenvalue weighted by molar-refractivity contribution is -0.137. The highest BCUT2D eigenvalue weighted by atomic mass is 19.4. The first-order valence-corrected chi connectivity index (χ1v) is 11.3. The lowest BCUT2D eigenvalue weighted by atomic mass is 10.0. The number of halogens is 4. The number of methoxy groups -OCH3 is 1. The van der Waals surface area contributed by atoms with Crippen LogP contribution in [0.4, 0.5) is 23.2 Å². The SMILES string of the molecule is COc1cc(CN2CCN(c3ccccc3F)CC2)cc2cc(-c3ccccc3C(F)(F)F)oc12. The molecule has 0 N–H and O–H groups in total. The first kappa shape index (κ1) is 23.2. The van der Waals surface area contributed by atoms with Gasteiger partial charge in [0.25, 0.3) is 0 Å². The Balaban J connectivity index is 1.38. The number of alkyl halides is 3.